The fourth-order valence-corrected chi connectivity index (χ4v) is 8.51. The Morgan fingerprint density at radius 3 is 1.70 bits per heavy atom. The Hall–Kier alpha value is -7.29. The highest BCUT2D eigenvalue weighted by atomic mass is 14.9. The minimum atomic E-state index is 0.490. The first-order valence-corrected chi connectivity index (χ1v) is 19.2. The summed E-state index contributed by atoms with van der Waals surface area (Å²) in [7, 11) is 0. The van der Waals surface area contributed by atoms with E-state index in [1.165, 1.54) is 76.1 Å². The van der Waals surface area contributed by atoms with Gasteiger partial charge in [-0.05, 0) is 93.7 Å². The number of allylic oxidation sites excluding steroid dienone is 1. The quantitative estimate of drug-likeness (QED) is 0.0759. The van der Waals surface area contributed by atoms with Crippen molar-refractivity contribution >= 4 is 65.4 Å². The maximum atomic E-state index is 6.74. The van der Waals surface area contributed by atoms with Gasteiger partial charge in [-0.25, -0.2) is 4.99 Å². The number of benzene rings is 10. The van der Waals surface area contributed by atoms with Gasteiger partial charge >= 0.3 is 0 Å². The zero-order valence-electron chi connectivity index (χ0n) is 30.9. The first kappa shape index (κ1) is 33.3. The van der Waals surface area contributed by atoms with Gasteiger partial charge in [0.1, 0.15) is 5.84 Å². The van der Waals surface area contributed by atoms with Gasteiger partial charge in [-0.15, -0.1) is 0 Å². The van der Waals surface area contributed by atoms with Crippen molar-refractivity contribution in [3.05, 3.63) is 223 Å². The second-order valence-electron chi connectivity index (χ2n) is 14.4. The van der Waals surface area contributed by atoms with Crippen LogP contribution < -0.4 is 5.73 Å². The van der Waals surface area contributed by atoms with Crippen LogP contribution in [0.25, 0.3) is 81.8 Å². The highest BCUT2D eigenvalue weighted by Gasteiger charge is 2.19. The molecule has 0 saturated carbocycles. The van der Waals surface area contributed by atoms with Crippen molar-refractivity contribution in [1.82, 2.24) is 0 Å². The molecule has 2 heteroatoms. The molecule has 10 rings (SSSR count). The van der Waals surface area contributed by atoms with Crippen molar-refractivity contribution in [2.24, 2.45) is 10.7 Å². The van der Waals surface area contributed by atoms with E-state index in [0.29, 0.717) is 12.3 Å². The van der Waals surface area contributed by atoms with Gasteiger partial charge in [-0.2, -0.15) is 0 Å². The van der Waals surface area contributed by atoms with Crippen LogP contribution in [0.15, 0.2) is 211 Å². The third-order valence-electron chi connectivity index (χ3n) is 11.1. The first-order valence-electron chi connectivity index (χ1n) is 19.2. The molecule has 0 aliphatic carbocycles. The molecule has 0 atom stereocenters. The Bertz CT molecular complexity index is 3140. The molecule has 0 saturated heterocycles. The third kappa shape index (κ3) is 5.89. The van der Waals surface area contributed by atoms with E-state index in [1.54, 1.807) is 0 Å². The molecule has 0 heterocycles. The van der Waals surface area contributed by atoms with E-state index in [1.807, 2.05) is 30.3 Å². The van der Waals surface area contributed by atoms with E-state index in [0.717, 1.165) is 22.4 Å². The molecule has 0 spiro atoms. The number of rotatable bonds is 7. The van der Waals surface area contributed by atoms with Gasteiger partial charge in [0, 0.05) is 5.56 Å². The Labute approximate surface area is 326 Å². The summed E-state index contributed by atoms with van der Waals surface area (Å²) in [5.74, 6) is 0.490. The van der Waals surface area contributed by atoms with Gasteiger partial charge < -0.3 is 5.73 Å². The molecular weight excluding hydrogens is 677 g/mol. The predicted molar refractivity (Wildman–Crippen MR) is 240 cm³/mol. The standard InChI is InChI=1S/C54H38N2/c55-54(40-18-5-2-6-19-40)56-50(34-32-42-35-41-20-8-9-21-43(41)46-24-12-11-22-44(42)46)37-27-29-39(30-28-37)52-48-26-14-13-25-47(48)51(38-16-3-1-4-17-38)49-33-31-36-15-7-10-23-45(36)53(49)52/h1-31,33-35H,32H2,(H2,55,56)/b50-34-. The molecule has 2 N–H and O–H groups in total. The highest BCUT2D eigenvalue weighted by Crippen LogP contribution is 2.46. The molecule has 0 aromatic heterocycles. The number of nitrogens with two attached hydrogens (primary N) is 1. The van der Waals surface area contributed by atoms with Gasteiger partial charge in [-0.1, -0.05) is 206 Å². The minimum absolute atomic E-state index is 0.490. The number of fused-ring (bicyclic) bond motifs is 7. The predicted octanol–water partition coefficient (Wildman–Crippen LogP) is 13.8. The summed E-state index contributed by atoms with van der Waals surface area (Å²) in [6.45, 7) is 0. The molecule has 10 aromatic rings. The van der Waals surface area contributed by atoms with E-state index in [-0.39, 0.29) is 0 Å². The Kier molecular flexibility index (Phi) is 8.42. The van der Waals surface area contributed by atoms with Gasteiger partial charge in [-0.3, -0.25) is 0 Å². The molecule has 0 aliphatic heterocycles. The monoisotopic (exact) mass is 714 g/mol. The highest BCUT2D eigenvalue weighted by molar-refractivity contribution is 6.28. The van der Waals surface area contributed by atoms with Gasteiger partial charge in [0.15, 0.2) is 0 Å². The van der Waals surface area contributed by atoms with Gasteiger partial charge in [0.25, 0.3) is 0 Å². The summed E-state index contributed by atoms with van der Waals surface area (Å²) in [6, 6.07) is 71.5. The fourth-order valence-electron chi connectivity index (χ4n) is 8.51. The largest absolute Gasteiger partial charge is 0.383 e. The average molecular weight is 715 g/mol. The number of nitrogens with zero attached hydrogens (tertiary/aromatic N) is 1. The minimum Gasteiger partial charge on any atom is -0.383 e. The summed E-state index contributed by atoms with van der Waals surface area (Å²) >= 11 is 0. The first-order chi connectivity index (χ1) is 27.7. The molecule has 0 aliphatic rings. The SMILES string of the molecule is NC(=N/C(=C\Cc1cc2ccccc2c2ccccc12)c1ccc(-c2c3ccccc3c(-c3ccccc3)c3ccc4ccccc4c23)cc1)c1ccccc1. The lowest BCUT2D eigenvalue weighted by Gasteiger charge is -2.19. The zero-order valence-corrected chi connectivity index (χ0v) is 30.9. The molecule has 0 bridgehead atoms. The zero-order chi connectivity index (χ0) is 37.4. The molecule has 264 valence electrons. The maximum absolute atomic E-state index is 6.74. The smallest absolute Gasteiger partial charge is 0.131 e. The number of hydrogen-bond acceptors (Lipinski definition) is 1. The van der Waals surface area contributed by atoms with Crippen molar-refractivity contribution in [2.45, 2.75) is 6.42 Å². The van der Waals surface area contributed by atoms with Crippen LogP contribution in [0.4, 0.5) is 0 Å². The Morgan fingerprint density at radius 1 is 0.411 bits per heavy atom. The maximum Gasteiger partial charge on any atom is 0.131 e. The normalized spacial score (nSPS) is 12.3. The van der Waals surface area contributed by atoms with Crippen molar-refractivity contribution in [2.75, 3.05) is 0 Å². The number of amidine groups is 1. The Balaban J connectivity index is 1.16. The van der Waals surface area contributed by atoms with Crippen molar-refractivity contribution in [3.8, 4) is 22.3 Å². The van der Waals surface area contributed by atoms with Crippen molar-refractivity contribution in [3.63, 3.8) is 0 Å². The van der Waals surface area contributed by atoms with Crippen LogP contribution in [0.1, 0.15) is 16.7 Å². The Morgan fingerprint density at radius 2 is 0.964 bits per heavy atom. The second kappa shape index (κ2) is 14.2. The molecule has 2 nitrogen and oxygen atoms in total. The molecular formula is C54H38N2. The van der Waals surface area contributed by atoms with Crippen LogP contribution in [-0.4, -0.2) is 5.84 Å². The summed E-state index contributed by atoms with van der Waals surface area (Å²) < 4.78 is 0. The fraction of sp³-hybridized carbons (Fsp3) is 0.0185. The average Bonchev–Trinajstić information content (AvgIpc) is 3.27. The summed E-state index contributed by atoms with van der Waals surface area (Å²) in [4.78, 5) is 5.12. The molecule has 0 amide bonds. The van der Waals surface area contributed by atoms with Crippen LogP contribution >= 0.6 is 0 Å². The molecule has 10 aromatic carbocycles. The summed E-state index contributed by atoms with van der Waals surface area (Å²) in [5.41, 5.74) is 15.6. The van der Waals surface area contributed by atoms with Crippen LogP contribution in [0.5, 0.6) is 0 Å². The van der Waals surface area contributed by atoms with Crippen LogP contribution in [0.2, 0.25) is 0 Å². The molecule has 0 radical (unpaired) electrons. The molecule has 56 heavy (non-hydrogen) atoms. The summed E-state index contributed by atoms with van der Waals surface area (Å²) in [6.07, 6.45) is 2.94. The van der Waals surface area contributed by atoms with E-state index in [4.69, 9.17) is 10.7 Å². The van der Waals surface area contributed by atoms with E-state index in [9.17, 15) is 0 Å². The van der Waals surface area contributed by atoms with E-state index in [2.05, 4.69) is 176 Å². The van der Waals surface area contributed by atoms with Crippen molar-refractivity contribution in [1.29, 1.82) is 0 Å². The third-order valence-corrected chi connectivity index (χ3v) is 11.1. The van der Waals surface area contributed by atoms with Crippen molar-refractivity contribution < 1.29 is 0 Å². The second-order valence-corrected chi connectivity index (χ2v) is 14.4. The molecule has 0 fully saturated rings. The van der Waals surface area contributed by atoms with Gasteiger partial charge in [0.2, 0.25) is 0 Å². The van der Waals surface area contributed by atoms with E-state index >= 15 is 0 Å². The van der Waals surface area contributed by atoms with E-state index < -0.39 is 0 Å². The number of hydrogen-bond donors (Lipinski definition) is 1. The van der Waals surface area contributed by atoms with Crippen LogP contribution in [0.3, 0.4) is 0 Å². The lowest BCUT2D eigenvalue weighted by molar-refractivity contribution is 1.29. The summed E-state index contributed by atoms with van der Waals surface area (Å²) in [5, 5.41) is 12.5. The number of aliphatic imine (C=N–C) groups is 1. The van der Waals surface area contributed by atoms with Crippen LogP contribution in [0, 0.1) is 0 Å². The topological polar surface area (TPSA) is 38.4 Å². The lowest BCUT2D eigenvalue weighted by atomic mass is 9.84. The van der Waals surface area contributed by atoms with Gasteiger partial charge in [0.05, 0.1) is 5.70 Å². The van der Waals surface area contributed by atoms with Crippen LogP contribution in [-0.2, 0) is 6.42 Å². The lowest BCUT2D eigenvalue weighted by Crippen LogP contribution is -2.13. The molecule has 0 unspecified atom stereocenters.